The van der Waals surface area contributed by atoms with Gasteiger partial charge in [-0.05, 0) is 35.9 Å². The van der Waals surface area contributed by atoms with Crippen LogP contribution in [0.1, 0.15) is 42.1 Å². The Morgan fingerprint density at radius 3 is 2.90 bits per heavy atom. The van der Waals surface area contributed by atoms with Crippen LogP contribution in [-0.4, -0.2) is 17.9 Å². The zero-order valence-corrected chi connectivity index (χ0v) is 13.4. The molecule has 2 aromatic heterocycles. The third-order valence-electron chi connectivity index (χ3n) is 4.14. The molecule has 1 fully saturated rings. The first-order valence-corrected chi connectivity index (χ1v) is 8.36. The number of furan rings is 1. The van der Waals surface area contributed by atoms with Crippen molar-refractivity contribution in [2.45, 2.75) is 38.6 Å². The number of thiophene rings is 1. The minimum Gasteiger partial charge on any atom is -0.466 e. The van der Waals surface area contributed by atoms with Crippen LogP contribution in [0.5, 0.6) is 0 Å². The Bertz CT molecular complexity index is 602. The van der Waals surface area contributed by atoms with Crippen molar-refractivity contribution in [1.82, 2.24) is 4.90 Å². The summed E-state index contributed by atoms with van der Waals surface area (Å²) in [6.45, 7) is 2.94. The molecule has 2 aromatic rings. The highest BCUT2D eigenvalue weighted by Crippen LogP contribution is 2.47. The number of hydrogen-bond acceptors (Lipinski definition) is 3. The number of rotatable bonds is 6. The van der Waals surface area contributed by atoms with E-state index in [1.807, 2.05) is 24.6 Å². The lowest BCUT2D eigenvalue weighted by Crippen LogP contribution is -2.25. The highest BCUT2D eigenvalue weighted by Gasteiger charge is 2.36. The number of carbonyl (C=O) groups is 1. The number of amides is 1. The summed E-state index contributed by atoms with van der Waals surface area (Å²) in [6, 6.07) is 8.17. The normalized spacial score (nSPS) is 20.5. The van der Waals surface area contributed by atoms with E-state index in [2.05, 4.69) is 19.1 Å². The molecule has 0 bridgehead atoms. The van der Waals surface area contributed by atoms with E-state index >= 15 is 0 Å². The largest absolute Gasteiger partial charge is 0.466 e. The lowest BCUT2D eigenvalue weighted by molar-refractivity contribution is -0.130. The van der Waals surface area contributed by atoms with Gasteiger partial charge in [0.15, 0.2) is 0 Å². The smallest absolute Gasteiger partial charge is 0.223 e. The number of aryl methyl sites for hydroxylation is 1. The maximum atomic E-state index is 12.1. The highest BCUT2D eigenvalue weighted by molar-refractivity contribution is 7.09. The van der Waals surface area contributed by atoms with Crippen molar-refractivity contribution in [1.29, 1.82) is 0 Å². The molecule has 0 spiro atoms. The molecule has 4 heteroatoms. The van der Waals surface area contributed by atoms with Crippen LogP contribution in [0.25, 0.3) is 0 Å². The Morgan fingerprint density at radius 2 is 2.24 bits per heavy atom. The minimum absolute atomic E-state index is 0.168. The first-order chi connectivity index (χ1) is 10.1. The Balaban J connectivity index is 1.47. The summed E-state index contributed by atoms with van der Waals surface area (Å²) in [5.74, 6) is 3.55. The van der Waals surface area contributed by atoms with Crippen LogP contribution in [-0.2, 0) is 17.8 Å². The molecule has 0 unspecified atom stereocenters. The Hall–Kier alpha value is -1.55. The fourth-order valence-corrected chi connectivity index (χ4v) is 3.35. The van der Waals surface area contributed by atoms with E-state index in [0.717, 1.165) is 17.4 Å². The fraction of sp³-hybridized carbons (Fsp3) is 0.471. The van der Waals surface area contributed by atoms with Crippen molar-refractivity contribution >= 4 is 17.2 Å². The van der Waals surface area contributed by atoms with Gasteiger partial charge in [0.2, 0.25) is 5.91 Å². The van der Waals surface area contributed by atoms with Gasteiger partial charge in [0, 0.05) is 30.7 Å². The van der Waals surface area contributed by atoms with E-state index in [1.165, 1.54) is 11.3 Å². The molecule has 1 amide bonds. The predicted molar refractivity (Wildman–Crippen MR) is 84.3 cm³/mol. The summed E-state index contributed by atoms with van der Waals surface area (Å²) in [4.78, 5) is 15.1. The van der Waals surface area contributed by atoms with Gasteiger partial charge in [-0.3, -0.25) is 4.79 Å². The molecule has 1 saturated carbocycles. The first-order valence-electron chi connectivity index (χ1n) is 7.48. The van der Waals surface area contributed by atoms with Crippen LogP contribution in [0.2, 0.25) is 0 Å². The van der Waals surface area contributed by atoms with E-state index < -0.39 is 0 Å². The number of carbonyl (C=O) groups excluding carboxylic acids is 1. The lowest BCUT2D eigenvalue weighted by atomic mass is 10.2. The standard InChI is InChI=1S/C17H21NO2S/c1-12-10-15(12)16-7-5-13(20-16)6-8-17(19)18(2)11-14-4-3-9-21-14/h3-5,7,9,12,15H,6,8,10-11H2,1-2H3/t12-,15+/m0/s1. The van der Waals surface area contributed by atoms with Gasteiger partial charge in [0.05, 0.1) is 6.54 Å². The van der Waals surface area contributed by atoms with Crippen molar-refractivity contribution in [2.24, 2.45) is 5.92 Å². The molecular weight excluding hydrogens is 282 g/mol. The second kappa shape index (κ2) is 6.06. The predicted octanol–water partition coefficient (Wildman–Crippen LogP) is 4.06. The number of nitrogens with zero attached hydrogens (tertiary/aromatic N) is 1. The molecule has 1 aliphatic rings. The van der Waals surface area contributed by atoms with Crippen LogP contribution in [0.15, 0.2) is 34.1 Å². The molecule has 2 atom stereocenters. The van der Waals surface area contributed by atoms with Crippen molar-refractivity contribution < 1.29 is 9.21 Å². The molecule has 1 aliphatic carbocycles. The molecular formula is C17H21NO2S. The van der Waals surface area contributed by atoms with Crippen LogP contribution in [0.3, 0.4) is 0 Å². The second-order valence-electron chi connectivity index (χ2n) is 5.95. The summed E-state index contributed by atoms with van der Waals surface area (Å²) in [5.41, 5.74) is 0. The van der Waals surface area contributed by atoms with Crippen LogP contribution in [0.4, 0.5) is 0 Å². The maximum Gasteiger partial charge on any atom is 0.223 e. The average molecular weight is 303 g/mol. The molecule has 112 valence electrons. The monoisotopic (exact) mass is 303 g/mol. The molecule has 0 saturated heterocycles. The summed E-state index contributed by atoms with van der Waals surface area (Å²) in [5, 5.41) is 2.04. The van der Waals surface area contributed by atoms with Gasteiger partial charge in [-0.25, -0.2) is 0 Å². The summed E-state index contributed by atoms with van der Waals surface area (Å²) < 4.78 is 5.85. The average Bonchev–Trinajstić information content (AvgIpc) is 2.88. The molecule has 2 heterocycles. The topological polar surface area (TPSA) is 33.5 Å². The van der Waals surface area contributed by atoms with Crippen LogP contribution >= 0.6 is 11.3 Å². The maximum absolute atomic E-state index is 12.1. The minimum atomic E-state index is 0.168. The molecule has 0 aliphatic heterocycles. The van der Waals surface area contributed by atoms with E-state index in [9.17, 15) is 4.79 Å². The molecule has 21 heavy (non-hydrogen) atoms. The van der Waals surface area contributed by atoms with Gasteiger partial charge in [-0.15, -0.1) is 11.3 Å². The zero-order valence-electron chi connectivity index (χ0n) is 12.5. The number of hydrogen-bond donors (Lipinski definition) is 0. The quantitative estimate of drug-likeness (QED) is 0.806. The fourth-order valence-electron chi connectivity index (χ4n) is 2.59. The van der Waals surface area contributed by atoms with E-state index in [1.54, 1.807) is 16.2 Å². The van der Waals surface area contributed by atoms with Crippen molar-refractivity contribution in [3.63, 3.8) is 0 Å². The first kappa shape index (κ1) is 14.4. The Morgan fingerprint density at radius 1 is 1.43 bits per heavy atom. The Labute approximate surface area is 129 Å². The summed E-state index contributed by atoms with van der Waals surface area (Å²) >= 11 is 1.68. The summed E-state index contributed by atoms with van der Waals surface area (Å²) in [7, 11) is 1.86. The third-order valence-corrected chi connectivity index (χ3v) is 5.00. The molecule has 0 radical (unpaired) electrons. The van der Waals surface area contributed by atoms with E-state index in [-0.39, 0.29) is 5.91 Å². The van der Waals surface area contributed by atoms with Crippen LogP contribution < -0.4 is 0 Å². The Kier molecular flexibility index (Phi) is 4.15. The van der Waals surface area contributed by atoms with Crippen molar-refractivity contribution in [3.8, 4) is 0 Å². The van der Waals surface area contributed by atoms with Gasteiger partial charge < -0.3 is 9.32 Å². The third kappa shape index (κ3) is 3.56. The van der Waals surface area contributed by atoms with Gasteiger partial charge in [0.25, 0.3) is 0 Å². The van der Waals surface area contributed by atoms with Gasteiger partial charge >= 0.3 is 0 Å². The molecule has 0 aromatic carbocycles. The van der Waals surface area contributed by atoms with E-state index in [0.29, 0.717) is 25.3 Å². The molecule has 0 N–H and O–H groups in total. The molecule has 3 rings (SSSR count). The van der Waals surface area contributed by atoms with Gasteiger partial charge in [-0.1, -0.05) is 13.0 Å². The summed E-state index contributed by atoms with van der Waals surface area (Å²) in [6.07, 6.45) is 2.43. The van der Waals surface area contributed by atoms with Crippen LogP contribution in [0, 0.1) is 5.92 Å². The van der Waals surface area contributed by atoms with E-state index in [4.69, 9.17) is 4.42 Å². The zero-order chi connectivity index (χ0) is 14.8. The SMILES string of the molecule is C[C@H]1C[C@H]1c1ccc(CCC(=O)N(C)Cc2cccs2)o1. The van der Waals surface area contributed by atoms with Crippen molar-refractivity contribution in [2.75, 3.05) is 7.05 Å². The van der Waals surface area contributed by atoms with Crippen molar-refractivity contribution in [3.05, 3.63) is 46.0 Å². The van der Waals surface area contributed by atoms with Gasteiger partial charge in [0.1, 0.15) is 11.5 Å². The lowest BCUT2D eigenvalue weighted by Gasteiger charge is -2.15. The molecule has 3 nitrogen and oxygen atoms in total. The van der Waals surface area contributed by atoms with Gasteiger partial charge in [-0.2, -0.15) is 0 Å². The second-order valence-corrected chi connectivity index (χ2v) is 6.98. The highest BCUT2D eigenvalue weighted by atomic mass is 32.1.